The maximum Gasteiger partial charge on any atom is 0.225 e. The van der Waals surface area contributed by atoms with Crippen molar-refractivity contribution in [3.63, 3.8) is 0 Å². The summed E-state index contributed by atoms with van der Waals surface area (Å²) in [5.41, 5.74) is 2.25. The molecule has 2 aliphatic heterocycles. The molecule has 6 nitrogen and oxygen atoms in total. The van der Waals surface area contributed by atoms with Crippen molar-refractivity contribution in [2.24, 2.45) is 5.92 Å². The van der Waals surface area contributed by atoms with Crippen LogP contribution in [0.25, 0.3) is 0 Å². The summed E-state index contributed by atoms with van der Waals surface area (Å²) in [4.78, 5) is 26.5. The Labute approximate surface area is 179 Å². The largest absolute Gasteiger partial charge is 0.350 e. The molecule has 1 aromatic carbocycles. The third-order valence-corrected chi connectivity index (χ3v) is 6.33. The van der Waals surface area contributed by atoms with Crippen LogP contribution in [-0.4, -0.2) is 47.0 Å². The summed E-state index contributed by atoms with van der Waals surface area (Å²) in [6, 6.07) is 12.2. The van der Waals surface area contributed by atoms with E-state index >= 15 is 0 Å². The smallest absolute Gasteiger partial charge is 0.225 e. The Kier molecular flexibility index (Phi) is 6.95. The molecule has 0 unspecified atom stereocenters. The number of hydrogen-bond acceptors (Lipinski definition) is 5. The van der Waals surface area contributed by atoms with E-state index < -0.39 is 0 Å². The number of nitrogens with one attached hydrogen (secondary N) is 1. The Morgan fingerprint density at radius 1 is 1.10 bits per heavy atom. The molecule has 0 radical (unpaired) electrons. The minimum Gasteiger partial charge on any atom is -0.350 e. The molecule has 160 valence electrons. The first-order valence-corrected chi connectivity index (χ1v) is 11.3. The number of rotatable bonds is 7. The van der Waals surface area contributed by atoms with E-state index in [1.54, 1.807) is 0 Å². The summed E-state index contributed by atoms with van der Waals surface area (Å²) >= 11 is 0. The maximum absolute atomic E-state index is 12.5. The summed E-state index contributed by atoms with van der Waals surface area (Å²) in [5, 5.41) is 3.15. The monoisotopic (exact) mass is 407 g/mol. The van der Waals surface area contributed by atoms with Gasteiger partial charge in [-0.15, -0.1) is 0 Å². The molecule has 1 amide bonds. The van der Waals surface area contributed by atoms with Crippen LogP contribution >= 0.6 is 0 Å². The number of hydrogen-bond donors (Lipinski definition) is 1. The molecule has 0 spiro atoms. The van der Waals surface area contributed by atoms with E-state index in [1.807, 2.05) is 37.4 Å². The van der Waals surface area contributed by atoms with Crippen LogP contribution in [0.3, 0.4) is 0 Å². The average molecular weight is 408 g/mol. The summed E-state index contributed by atoms with van der Waals surface area (Å²) in [7, 11) is 0. The van der Waals surface area contributed by atoms with E-state index in [0.717, 1.165) is 62.8 Å². The second-order valence-electron chi connectivity index (χ2n) is 8.67. The molecule has 30 heavy (non-hydrogen) atoms. The number of carbonyl (C=O) groups is 1. The normalized spacial score (nSPS) is 19.0. The minimum atomic E-state index is 0.0568. The fourth-order valence-electron chi connectivity index (χ4n) is 4.51. The number of aromatic nitrogens is 2. The molecule has 1 aromatic heterocycles. The van der Waals surface area contributed by atoms with Crippen molar-refractivity contribution in [2.75, 3.05) is 31.1 Å². The van der Waals surface area contributed by atoms with Crippen LogP contribution in [0, 0.1) is 5.92 Å². The van der Waals surface area contributed by atoms with Crippen LogP contribution in [0.4, 0.5) is 5.95 Å². The maximum atomic E-state index is 12.5. The lowest BCUT2D eigenvalue weighted by atomic mass is 9.93. The van der Waals surface area contributed by atoms with Crippen molar-refractivity contribution < 1.29 is 4.79 Å². The van der Waals surface area contributed by atoms with Crippen LogP contribution in [0.1, 0.15) is 56.3 Å². The number of nitrogens with zero attached hydrogens (tertiary/aromatic N) is 4. The second kappa shape index (κ2) is 10.0. The molecule has 2 fully saturated rings. The summed E-state index contributed by atoms with van der Waals surface area (Å²) in [6.07, 6.45) is 7.12. The number of carbonyl (C=O) groups excluding carboxylic acids is 1. The van der Waals surface area contributed by atoms with Crippen molar-refractivity contribution in [2.45, 2.75) is 51.6 Å². The summed E-state index contributed by atoms with van der Waals surface area (Å²) < 4.78 is 0. The zero-order chi connectivity index (χ0) is 20.8. The average Bonchev–Trinajstić information content (AvgIpc) is 3.31. The zero-order valence-corrected chi connectivity index (χ0v) is 18.0. The van der Waals surface area contributed by atoms with E-state index in [2.05, 4.69) is 32.2 Å². The molecule has 4 rings (SSSR count). The van der Waals surface area contributed by atoms with Gasteiger partial charge in [0.25, 0.3) is 0 Å². The van der Waals surface area contributed by atoms with Crippen LogP contribution in [0.5, 0.6) is 0 Å². The van der Waals surface area contributed by atoms with E-state index in [4.69, 9.17) is 4.98 Å². The van der Waals surface area contributed by atoms with Gasteiger partial charge in [0.1, 0.15) is 0 Å². The predicted octanol–water partition coefficient (Wildman–Crippen LogP) is 3.56. The van der Waals surface area contributed by atoms with Gasteiger partial charge in [-0.2, -0.15) is 0 Å². The fourth-order valence-corrected chi connectivity index (χ4v) is 4.51. The highest BCUT2D eigenvalue weighted by Crippen LogP contribution is 2.23. The Morgan fingerprint density at radius 2 is 1.83 bits per heavy atom. The van der Waals surface area contributed by atoms with E-state index in [-0.39, 0.29) is 11.9 Å². The molecule has 0 aliphatic carbocycles. The third kappa shape index (κ3) is 5.57. The Balaban J connectivity index is 1.21. The number of anilines is 1. The van der Waals surface area contributed by atoms with Gasteiger partial charge in [0.05, 0.1) is 11.7 Å². The summed E-state index contributed by atoms with van der Waals surface area (Å²) in [5.74, 6) is 1.51. The lowest BCUT2D eigenvalue weighted by Gasteiger charge is -2.31. The number of benzene rings is 1. The number of piperidine rings is 1. The first-order valence-electron chi connectivity index (χ1n) is 11.3. The second-order valence-corrected chi connectivity index (χ2v) is 8.67. The fraction of sp³-hybridized carbons (Fsp3) is 0.542. The van der Waals surface area contributed by atoms with Crippen LogP contribution < -0.4 is 10.2 Å². The molecule has 2 aromatic rings. The van der Waals surface area contributed by atoms with Crippen molar-refractivity contribution in [3.8, 4) is 0 Å². The van der Waals surface area contributed by atoms with Gasteiger partial charge in [0, 0.05) is 32.3 Å². The molecule has 2 saturated heterocycles. The molecular weight excluding hydrogens is 374 g/mol. The lowest BCUT2D eigenvalue weighted by Crippen LogP contribution is -2.36. The SMILES string of the molecule is C[C@@H](NC(=O)CC1CCN(Cc2ccnc(N3CCCC3)n2)CC1)c1ccccc1. The molecular formula is C24H33N5O. The summed E-state index contributed by atoms with van der Waals surface area (Å²) in [6.45, 7) is 7.10. The molecule has 0 saturated carbocycles. The van der Waals surface area contributed by atoms with Gasteiger partial charge >= 0.3 is 0 Å². The first-order chi connectivity index (χ1) is 14.7. The van der Waals surface area contributed by atoms with E-state index in [1.165, 1.54) is 12.8 Å². The first kappa shape index (κ1) is 20.8. The van der Waals surface area contributed by atoms with Crippen LogP contribution in [0.2, 0.25) is 0 Å². The molecule has 2 aliphatic rings. The molecule has 0 bridgehead atoms. The van der Waals surface area contributed by atoms with Crippen molar-refractivity contribution in [3.05, 3.63) is 53.9 Å². The van der Waals surface area contributed by atoms with Gasteiger partial charge in [-0.25, -0.2) is 9.97 Å². The quantitative estimate of drug-likeness (QED) is 0.760. The van der Waals surface area contributed by atoms with Crippen molar-refractivity contribution >= 4 is 11.9 Å². The van der Waals surface area contributed by atoms with Crippen LogP contribution in [-0.2, 0) is 11.3 Å². The van der Waals surface area contributed by atoms with Gasteiger partial charge in [-0.05, 0) is 63.2 Å². The predicted molar refractivity (Wildman–Crippen MR) is 119 cm³/mol. The van der Waals surface area contributed by atoms with E-state index in [9.17, 15) is 4.79 Å². The van der Waals surface area contributed by atoms with Gasteiger partial charge in [-0.1, -0.05) is 30.3 Å². The van der Waals surface area contributed by atoms with Gasteiger partial charge in [0.2, 0.25) is 11.9 Å². The van der Waals surface area contributed by atoms with Gasteiger partial charge in [-0.3, -0.25) is 9.69 Å². The molecule has 6 heteroatoms. The Bertz CT molecular complexity index is 813. The molecule has 3 heterocycles. The topological polar surface area (TPSA) is 61.4 Å². The highest BCUT2D eigenvalue weighted by atomic mass is 16.1. The molecule has 1 atom stereocenters. The number of likely N-dealkylation sites (tertiary alicyclic amines) is 1. The Hall–Kier alpha value is -2.47. The van der Waals surface area contributed by atoms with Gasteiger partial charge in [0.15, 0.2) is 0 Å². The highest BCUT2D eigenvalue weighted by Gasteiger charge is 2.23. The standard InChI is InChI=1S/C24H33N5O/c1-19(21-7-3-2-4-8-21)26-23(30)17-20-10-15-28(16-11-20)18-22-9-12-25-24(27-22)29-13-5-6-14-29/h2-4,7-9,12,19-20H,5-6,10-11,13-18H2,1H3,(H,26,30)/t19-/m1/s1. The highest BCUT2D eigenvalue weighted by molar-refractivity contribution is 5.76. The third-order valence-electron chi connectivity index (χ3n) is 6.33. The van der Waals surface area contributed by atoms with Crippen molar-refractivity contribution in [1.82, 2.24) is 20.2 Å². The lowest BCUT2D eigenvalue weighted by molar-refractivity contribution is -0.123. The molecule has 1 N–H and O–H groups in total. The Morgan fingerprint density at radius 3 is 2.57 bits per heavy atom. The number of amides is 1. The van der Waals surface area contributed by atoms with Crippen LogP contribution in [0.15, 0.2) is 42.6 Å². The minimum absolute atomic E-state index is 0.0568. The van der Waals surface area contributed by atoms with E-state index in [0.29, 0.717) is 12.3 Å². The van der Waals surface area contributed by atoms with Gasteiger partial charge < -0.3 is 10.2 Å². The zero-order valence-electron chi connectivity index (χ0n) is 18.0. The van der Waals surface area contributed by atoms with Crippen molar-refractivity contribution in [1.29, 1.82) is 0 Å².